The molecule has 0 aliphatic carbocycles. The molecule has 0 atom stereocenters. The highest BCUT2D eigenvalue weighted by atomic mass is 19.2. The second-order valence-electron chi connectivity index (χ2n) is 6.14. The second-order valence-corrected chi connectivity index (χ2v) is 6.14. The Labute approximate surface area is 162 Å². The lowest BCUT2D eigenvalue weighted by Gasteiger charge is -2.04. The molecule has 3 rings (SSSR count). The number of ether oxygens (including phenoxy) is 1. The summed E-state index contributed by atoms with van der Waals surface area (Å²) in [6.07, 6.45) is 0. The van der Waals surface area contributed by atoms with Gasteiger partial charge in [0.15, 0.2) is 11.7 Å². The molecule has 3 aromatic rings. The van der Waals surface area contributed by atoms with Gasteiger partial charge in [0.25, 0.3) is 0 Å². The highest BCUT2D eigenvalue weighted by Gasteiger charge is 2.11. The summed E-state index contributed by atoms with van der Waals surface area (Å²) < 4.78 is 47.8. The van der Waals surface area contributed by atoms with Crippen molar-refractivity contribution >= 4 is 11.7 Å². The topological polar surface area (TPSA) is 9.23 Å². The van der Waals surface area contributed by atoms with Crippen molar-refractivity contribution in [2.24, 2.45) is 0 Å². The molecule has 0 aliphatic rings. The van der Waals surface area contributed by atoms with Gasteiger partial charge in [0.2, 0.25) is 0 Å². The molecular formula is C24H17F3O. The third-order valence-corrected chi connectivity index (χ3v) is 4.16. The molecule has 1 nitrogen and oxygen atoms in total. The van der Waals surface area contributed by atoms with E-state index in [0.29, 0.717) is 11.3 Å². The predicted molar refractivity (Wildman–Crippen MR) is 106 cm³/mol. The van der Waals surface area contributed by atoms with E-state index in [1.54, 1.807) is 30.3 Å². The van der Waals surface area contributed by atoms with Gasteiger partial charge in [0, 0.05) is 16.7 Å². The quantitative estimate of drug-likeness (QED) is 0.383. The van der Waals surface area contributed by atoms with Crippen molar-refractivity contribution in [2.45, 2.75) is 6.92 Å². The van der Waals surface area contributed by atoms with E-state index >= 15 is 0 Å². The van der Waals surface area contributed by atoms with Crippen LogP contribution in [0.2, 0.25) is 0 Å². The second kappa shape index (κ2) is 8.49. The number of halogens is 3. The van der Waals surface area contributed by atoms with Crippen LogP contribution in [0.5, 0.6) is 5.75 Å². The van der Waals surface area contributed by atoms with Gasteiger partial charge in [0.05, 0.1) is 7.11 Å². The molecule has 0 radical (unpaired) electrons. The van der Waals surface area contributed by atoms with Crippen LogP contribution in [0, 0.1) is 24.6 Å². The Balaban J connectivity index is 1.87. The molecule has 0 saturated heterocycles. The predicted octanol–water partition coefficient (Wildman–Crippen LogP) is 6.31. The van der Waals surface area contributed by atoms with Crippen molar-refractivity contribution in [3.8, 4) is 17.6 Å². The van der Waals surface area contributed by atoms with Crippen LogP contribution in [0.25, 0.3) is 11.7 Å². The van der Waals surface area contributed by atoms with Gasteiger partial charge in [0.1, 0.15) is 17.1 Å². The van der Waals surface area contributed by atoms with Crippen molar-refractivity contribution in [1.82, 2.24) is 0 Å². The molecule has 0 unspecified atom stereocenters. The normalized spacial score (nSPS) is 11.3. The Morgan fingerprint density at radius 3 is 1.93 bits per heavy atom. The Kier molecular flexibility index (Phi) is 5.86. The van der Waals surface area contributed by atoms with E-state index in [9.17, 15) is 13.2 Å². The van der Waals surface area contributed by atoms with Gasteiger partial charge in [-0.15, -0.1) is 0 Å². The average Bonchev–Trinajstić information content (AvgIpc) is 2.72. The first kappa shape index (κ1) is 19.3. The first-order chi connectivity index (χ1) is 13.5. The summed E-state index contributed by atoms with van der Waals surface area (Å²) >= 11 is 0. The molecule has 0 heterocycles. The third-order valence-electron chi connectivity index (χ3n) is 4.16. The molecule has 0 N–H and O–H groups in total. The van der Waals surface area contributed by atoms with Crippen LogP contribution < -0.4 is 4.74 Å². The van der Waals surface area contributed by atoms with Crippen LogP contribution >= 0.6 is 0 Å². The van der Waals surface area contributed by atoms with E-state index in [2.05, 4.69) is 11.8 Å². The fraction of sp³-hybridized carbons (Fsp3) is 0.0833. The summed E-state index contributed by atoms with van der Waals surface area (Å²) in [5, 5.41) is 0. The summed E-state index contributed by atoms with van der Waals surface area (Å²) in [4.78, 5) is 0. The highest BCUT2D eigenvalue weighted by molar-refractivity contribution is 5.83. The Morgan fingerprint density at radius 1 is 0.786 bits per heavy atom. The van der Waals surface area contributed by atoms with E-state index in [4.69, 9.17) is 4.74 Å². The molecule has 0 aliphatic heterocycles. The maximum absolute atomic E-state index is 14.5. The van der Waals surface area contributed by atoms with Crippen LogP contribution in [-0.2, 0) is 0 Å². The summed E-state index contributed by atoms with van der Waals surface area (Å²) in [5.74, 6) is 3.51. The van der Waals surface area contributed by atoms with Gasteiger partial charge in [-0.2, -0.15) is 0 Å². The van der Waals surface area contributed by atoms with Gasteiger partial charge in [-0.05, 0) is 31.2 Å². The van der Waals surface area contributed by atoms with Crippen LogP contribution in [-0.4, -0.2) is 7.11 Å². The van der Waals surface area contributed by atoms with Crippen molar-refractivity contribution in [2.75, 3.05) is 7.11 Å². The minimum Gasteiger partial charge on any atom is -0.495 e. The van der Waals surface area contributed by atoms with Crippen molar-refractivity contribution < 1.29 is 17.9 Å². The van der Waals surface area contributed by atoms with Gasteiger partial charge in [-0.25, -0.2) is 13.2 Å². The Hall–Kier alpha value is -3.45. The zero-order chi connectivity index (χ0) is 20.1. The molecule has 0 aromatic heterocycles. The molecule has 0 fully saturated rings. The number of hydrogen-bond acceptors (Lipinski definition) is 1. The van der Waals surface area contributed by atoms with E-state index in [1.165, 1.54) is 43.5 Å². The largest absolute Gasteiger partial charge is 0.495 e. The number of methoxy groups -OCH3 is 1. The minimum atomic E-state index is -0.945. The molecule has 28 heavy (non-hydrogen) atoms. The maximum Gasteiger partial charge on any atom is 0.166 e. The maximum atomic E-state index is 14.5. The van der Waals surface area contributed by atoms with E-state index in [0.717, 1.165) is 5.56 Å². The lowest BCUT2D eigenvalue weighted by atomic mass is 10.1. The number of benzene rings is 3. The van der Waals surface area contributed by atoms with Gasteiger partial charge < -0.3 is 4.74 Å². The molecule has 0 saturated carbocycles. The molecular weight excluding hydrogens is 361 g/mol. The summed E-state index contributed by atoms with van der Waals surface area (Å²) in [5.41, 5.74) is 1.93. The fourth-order valence-electron chi connectivity index (χ4n) is 2.58. The first-order valence-corrected chi connectivity index (χ1v) is 8.57. The lowest BCUT2D eigenvalue weighted by Crippen LogP contribution is -1.91. The molecule has 0 spiro atoms. The Morgan fingerprint density at radius 2 is 1.36 bits per heavy atom. The van der Waals surface area contributed by atoms with Crippen LogP contribution in [0.15, 0.2) is 66.7 Å². The van der Waals surface area contributed by atoms with Crippen molar-refractivity contribution in [3.63, 3.8) is 0 Å². The standard InChI is InChI=1S/C24H17F3O/c1-16-6-11-18(12-7-16)23(26)24(27)19-13-8-17(9-14-19)10-15-20-21(25)4-3-5-22(20)28-2/h3-9,11-14H,1-2H3/b24-23+. The molecule has 140 valence electrons. The van der Waals surface area contributed by atoms with E-state index in [1.807, 2.05) is 6.92 Å². The summed E-state index contributed by atoms with van der Waals surface area (Å²) in [6.45, 7) is 1.87. The third kappa shape index (κ3) is 4.27. The lowest BCUT2D eigenvalue weighted by molar-refractivity contribution is 0.409. The van der Waals surface area contributed by atoms with E-state index < -0.39 is 17.5 Å². The van der Waals surface area contributed by atoms with Gasteiger partial charge >= 0.3 is 0 Å². The number of rotatable bonds is 3. The van der Waals surface area contributed by atoms with Crippen LogP contribution in [0.1, 0.15) is 27.8 Å². The van der Waals surface area contributed by atoms with Crippen LogP contribution in [0.3, 0.4) is 0 Å². The van der Waals surface area contributed by atoms with Gasteiger partial charge in [-0.1, -0.05) is 59.9 Å². The smallest absolute Gasteiger partial charge is 0.166 e. The number of aryl methyl sites for hydroxylation is 1. The number of hydrogen-bond donors (Lipinski definition) is 0. The monoisotopic (exact) mass is 378 g/mol. The van der Waals surface area contributed by atoms with Gasteiger partial charge in [-0.3, -0.25) is 0 Å². The SMILES string of the molecule is COc1cccc(F)c1C#Cc1ccc(/C(F)=C(\F)c2ccc(C)cc2)cc1. The fourth-order valence-corrected chi connectivity index (χ4v) is 2.58. The summed E-state index contributed by atoms with van der Waals surface area (Å²) in [6, 6.07) is 16.9. The molecule has 0 bridgehead atoms. The highest BCUT2D eigenvalue weighted by Crippen LogP contribution is 2.29. The minimum absolute atomic E-state index is 0.104. The zero-order valence-corrected chi connectivity index (χ0v) is 15.4. The van der Waals surface area contributed by atoms with Crippen molar-refractivity contribution in [1.29, 1.82) is 0 Å². The molecule has 3 aromatic carbocycles. The molecule has 4 heteroatoms. The zero-order valence-electron chi connectivity index (χ0n) is 15.4. The van der Waals surface area contributed by atoms with Crippen molar-refractivity contribution in [3.05, 3.63) is 100 Å². The van der Waals surface area contributed by atoms with E-state index in [-0.39, 0.29) is 16.7 Å². The molecule has 0 amide bonds. The summed E-state index contributed by atoms with van der Waals surface area (Å²) in [7, 11) is 1.44. The first-order valence-electron chi connectivity index (χ1n) is 8.57. The van der Waals surface area contributed by atoms with Crippen LogP contribution in [0.4, 0.5) is 13.2 Å². The average molecular weight is 378 g/mol. The Bertz CT molecular complexity index is 1070.